The Labute approximate surface area is 125 Å². The molecule has 0 fully saturated rings. The average molecular weight is 290 g/mol. The summed E-state index contributed by atoms with van der Waals surface area (Å²) in [6.45, 7) is 4.54. The van der Waals surface area contributed by atoms with Gasteiger partial charge in [0.25, 0.3) is 0 Å². The molecule has 1 N–H and O–H groups in total. The molecule has 114 valence electrons. The third kappa shape index (κ3) is 5.09. The lowest BCUT2D eigenvalue weighted by molar-refractivity contribution is -0.143. The van der Waals surface area contributed by atoms with E-state index >= 15 is 0 Å². The van der Waals surface area contributed by atoms with E-state index in [-0.39, 0.29) is 12.0 Å². The molecule has 0 spiro atoms. The summed E-state index contributed by atoms with van der Waals surface area (Å²) in [5.74, 6) is 0.780. The zero-order valence-corrected chi connectivity index (χ0v) is 13.0. The van der Waals surface area contributed by atoms with Crippen molar-refractivity contribution in [2.75, 3.05) is 14.2 Å². The lowest BCUT2D eigenvalue weighted by atomic mass is 10.0. The summed E-state index contributed by atoms with van der Waals surface area (Å²) < 4.78 is 10.1. The first-order valence-electron chi connectivity index (χ1n) is 6.90. The molecule has 0 amide bonds. The van der Waals surface area contributed by atoms with Gasteiger partial charge in [-0.3, -0.25) is 4.79 Å². The number of carbonyl (C=O) groups excluding carboxylic acids is 1. The number of hydrogen-bond donors (Lipinski definition) is 1. The first-order valence-corrected chi connectivity index (χ1v) is 6.90. The molecule has 0 aliphatic rings. The molecular weight excluding hydrogens is 268 g/mol. The maximum Gasteiger partial charge on any atom is 0.322 e. The predicted molar refractivity (Wildman–Crippen MR) is 79.8 cm³/mol. The van der Waals surface area contributed by atoms with Crippen molar-refractivity contribution in [3.8, 4) is 11.8 Å². The van der Waals surface area contributed by atoms with Crippen molar-refractivity contribution in [3.05, 3.63) is 29.3 Å². The summed E-state index contributed by atoms with van der Waals surface area (Å²) in [6.07, 6.45) is 0.687. The van der Waals surface area contributed by atoms with Gasteiger partial charge in [-0.05, 0) is 30.5 Å². The molecule has 0 heterocycles. The summed E-state index contributed by atoms with van der Waals surface area (Å²) >= 11 is 0. The van der Waals surface area contributed by atoms with Crippen molar-refractivity contribution in [2.45, 2.75) is 32.9 Å². The number of nitrogens with zero attached hydrogens (tertiary/aromatic N) is 1. The summed E-state index contributed by atoms with van der Waals surface area (Å²) in [5.41, 5.74) is 1.40. The molecule has 1 aromatic rings. The van der Waals surface area contributed by atoms with Crippen molar-refractivity contribution in [3.63, 3.8) is 0 Å². The van der Waals surface area contributed by atoms with E-state index in [0.717, 1.165) is 5.56 Å². The summed E-state index contributed by atoms with van der Waals surface area (Å²) in [5, 5.41) is 12.1. The van der Waals surface area contributed by atoms with Gasteiger partial charge in [0.2, 0.25) is 0 Å². The summed E-state index contributed by atoms with van der Waals surface area (Å²) in [6, 6.07) is 6.94. The summed E-state index contributed by atoms with van der Waals surface area (Å²) in [7, 11) is 2.96. The van der Waals surface area contributed by atoms with Gasteiger partial charge in [0.1, 0.15) is 11.8 Å². The molecule has 0 aliphatic heterocycles. The molecule has 21 heavy (non-hydrogen) atoms. The Balaban J connectivity index is 2.84. The molecule has 1 aromatic carbocycles. The summed E-state index contributed by atoms with van der Waals surface area (Å²) in [4.78, 5) is 11.8. The lowest BCUT2D eigenvalue weighted by Gasteiger charge is -2.19. The van der Waals surface area contributed by atoms with Gasteiger partial charge in [-0.25, -0.2) is 0 Å². The number of ether oxygens (including phenoxy) is 2. The second-order valence-corrected chi connectivity index (χ2v) is 5.22. The maximum absolute atomic E-state index is 11.8. The minimum atomic E-state index is -0.370. The largest absolute Gasteiger partial charge is 0.496 e. The predicted octanol–water partition coefficient (Wildman–Crippen LogP) is 2.24. The van der Waals surface area contributed by atoms with Crippen LogP contribution in [0.1, 0.15) is 31.4 Å². The minimum Gasteiger partial charge on any atom is -0.496 e. The smallest absolute Gasteiger partial charge is 0.322 e. The highest BCUT2D eigenvalue weighted by Crippen LogP contribution is 2.20. The third-order valence-corrected chi connectivity index (χ3v) is 3.14. The fraction of sp³-hybridized carbons (Fsp3) is 0.500. The van der Waals surface area contributed by atoms with Gasteiger partial charge >= 0.3 is 5.97 Å². The SMILES string of the molecule is COC(=O)C(CC(C)C)NCc1cc(C#N)ccc1OC. The van der Waals surface area contributed by atoms with Crippen molar-refractivity contribution in [2.24, 2.45) is 5.92 Å². The van der Waals surface area contributed by atoms with Gasteiger partial charge in [0.15, 0.2) is 0 Å². The van der Waals surface area contributed by atoms with Crippen LogP contribution in [-0.4, -0.2) is 26.2 Å². The van der Waals surface area contributed by atoms with E-state index in [1.807, 2.05) is 0 Å². The van der Waals surface area contributed by atoms with Crippen LogP contribution < -0.4 is 10.1 Å². The van der Waals surface area contributed by atoms with Crippen LogP contribution >= 0.6 is 0 Å². The molecule has 1 atom stereocenters. The second-order valence-electron chi connectivity index (χ2n) is 5.22. The van der Waals surface area contributed by atoms with Crippen LogP contribution in [0.15, 0.2) is 18.2 Å². The van der Waals surface area contributed by atoms with Gasteiger partial charge in [-0.15, -0.1) is 0 Å². The van der Waals surface area contributed by atoms with Gasteiger partial charge in [0, 0.05) is 12.1 Å². The van der Waals surface area contributed by atoms with Crippen molar-refractivity contribution < 1.29 is 14.3 Å². The molecular formula is C16H22N2O3. The first kappa shape index (κ1) is 17.0. The molecule has 0 bridgehead atoms. The van der Waals surface area contributed by atoms with Crippen LogP contribution in [0, 0.1) is 17.2 Å². The molecule has 1 rings (SSSR count). The highest BCUT2D eigenvalue weighted by molar-refractivity contribution is 5.75. The average Bonchev–Trinajstić information content (AvgIpc) is 2.49. The molecule has 0 saturated carbocycles. The molecule has 1 unspecified atom stereocenters. The van der Waals surface area contributed by atoms with Crippen LogP contribution in [0.25, 0.3) is 0 Å². The number of rotatable bonds is 7. The van der Waals surface area contributed by atoms with Crippen LogP contribution in [0.5, 0.6) is 5.75 Å². The van der Waals surface area contributed by atoms with Crippen LogP contribution in [0.2, 0.25) is 0 Å². The van der Waals surface area contributed by atoms with Crippen LogP contribution in [0.4, 0.5) is 0 Å². The number of esters is 1. The van der Waals surface area contributed by atoms with E-state index in [9.17, 15) is 4.79 Å². The first-order chi connectivity index (χ1) is 10.0. The Morgan fingerprint density at radius 1 is 1.38 bits per heavy atom. The third-order valence-electron chi connectivity index (χ3n) is 3.14. The number of nitriles is 1. The maximum atomic E-state index is 11.8. The Morgan fingerprint density at radius 2 is 2.10 bits per heavy atom. The molecule has 5 nitrogen and oxygen atoms in total. The van der Waals surface area contributed by atoms with Crippen molar-refractivity contribution >= 4 is 5.97 Å². The molecule has 0 saturated heterocycles. The Morgan fingerprint density at radius 3 is 2.62 bits per heavy atom. The Bertz CT molecular complexity index is 521. The number of carbonyl (C=O) groups is 1. The molecule has 0 aromatic heterocycles. The zero-order valence-electron chi connectivity index (χ0n) is 13.0. The van der Waals surface area contributed by atoms with Gasteiger partial charge in [-0.2, -0.15) is 5.26 Å². The fourth-order valence-electron chi connectivity index (χ4n) is 2.10. The topological polar surface area (TPSA) is 71.3 Å². The van der Waals surface area contributed by atoms with E-state index in [1.165, 1.54) is 7.11 Å². The van der Waals surface area contributed by atoms with Crippen LogP contribution in [-0.2, 0) is 16.1 Å². The highest BCUT2D eigenvalue weighted by atomic mass is 16.5. The fourth-order valence-corrected chi connectivity index (χ4v) is 2.10. The molecule has 0 aliphatic carbocycles. The standard InChI is InChI=1S/C16H22N2O3/c1-11(2)7-14(16(19)21-4)18-10-13-8-12(9-17)5-6-15(13)20-3/h5-6,8,11,14,18H,7,10H2,1-4H3. The normalized spacial score (nSPS) is 11.8. The quantitative estimate of drug-likeness (QED) is 0.780. The highest BCUT2D eigenvalue weighted by Gasteiger charge is 2.20. The number of benzene rings is 1. The van der Waals surface area contributed by atoms with Crippen molar-refractivity contribution in [1.82, 2.24) is 5.32 Å². The van der Waals surface area contributed by atoms with Gasteiger partial charge in [-0.1, -0.05) is 13.8 Å². The van der Waals surface area contributed by atoms with Crippen molar-refractivity contribution in [1.29, 1.82) is 5.26 Å². The number of hydrogen-bond acceptors (Lipinski definition) is 5. The van der Waals surface area contributed by atoms with Crippen LogP contribution in [0.3, 0.4) is 0 Å². The Kier molecular flexibility index (Phi) is 6.70. The van der Waals surface area contributed by atoms with E-state index in [2.05, 4.69) is 25.2 Å². The minimum absolute atomic E-state index is 0.279. The Hall–Kier alpha value is -2.06. The molecule has 5 heteroatoms. The van der Waals surface area contributed by atoms with E-state index in [4.69, 9.17) is 14.7 Å². The van der Waals surface area contributed by atoms with Gasteiger partial charge < -0.3 is 14.8 Å². The lowest BCUT2D eigenvalue weighted by Crippen LogP contribution is -2.38. The van der Waals surface area contributed by atoms with E-state index in [1.54, 1.807) is 25.3 Å². The second kappa shape index (κ2) is 8.28. The number of methoxy groups -OCH3 is 2. The number of nitrogens with one attached hydrogen (secondary N) is 1. The van der Waals surface area contributed by atoms with E-state index < -0.39 is 0 Å². The molecule has 0 radical (unpaired) electrons. The van der Waals surface area contributed by atoms with E-state index in [0.29, 0.717) is 30.2 Å². The van der Waals surface area contributed by atoms with Gasteiger partial charge in [0.05, 0.1) is 25.9 Å². The zero-order chi connectivity index (χ0) is 15.8. The monoisotopic (exact) mass is 290 g/mol.